The van der Waals surface area contributed by atoms with Gasteiger partial charge in [-0.3, -0.25) is 0 Å². The van der Waals surface area contributed by atoms with Crippen LogP contribution in [0.3, 0.4) is 0 Å². The number of fused-ring (bicyclic) bond motifs is 1. The predicted molar refractivity (Wildman–Crippen MR) is 71.8 cm³/mol. The van der Waals surface area contributed by atoms with Crippen molar-refractivity contribution >= 4 is 16.5 Å². The molecule has 0 bridgehead atoms. The summed E-state index contributed by atoms with van der Waals surface area (Å²) in [6, 6.07) is 10.7. The van der Waals surface area contributed by atoms with Gasteiger partial charge in [0.05, 0.1) is 0 Å². The molecule has 84 valence electrons. The van der Waals surface area contributed by atoms with Crippen molar-refractivity contribution in [3.05, 3.63) is 41.5 Å². The molecule has 0 aliphatic rings. The van der Waals surface area contributed by atoms with Crippen LogP contribution in [0.2, 0.25) is 0 Å². The zero-order chi connectivity index (χ0) is 11.7. The molecule has 0 saturated carbocycles. The Morgan fingerprint density at radius 1 is 1.19 bits per heavy atom. The van der Waals surface area contributed by atoms with Gasteiger partial charge in [-0.1, -0.05) is 45.0 Å². The van der Waals surface area contributed by atoms with Crippen LogP contribution < -0.4 is 5.73 Å². The second-order valence-electron chi connectivity index (χ2n) is 4.59. The summed E-state index contributed by atoms with van der Waals surface area (Å²) in [5.41, 5.74) is 9.81. The van der Waals surface area contributed by atoms with E-state index in [2.05, 4.69) is 51.1 Å². The van der Waals surface area contributed by atoms with E-state index in [-0.39, 0.29) is 0 Å². The molecule has 2 aromatic carbocycles. The molecule has 0 aliphatic heterocycles. The molecule has 2 N–H and O–H groups in total. The van der Waals surface area contributed by atoms with E-state index in [9.17, 15) is 0 Å². The summed E-state index contributed by atoms with van der Waals surface area (Å²) >= 11 is 0. The Balaban J connectivity index is 2.82. The fraction of sp³-hybridized carbons (Fsp3) is 0.333. The van der Waals surface area contributed by atoms with Gasteiger partial charge in [0, 0.05) is 5.69 Å². The molecular formula is C15H19N. The van der Waals surface area contributed by atoms with Crippen molar-refractivity contribution in [2.75, 3.05) is 5.73 Å². The Morgan fingerprint density at radius 2 is 1.88 bits per heavy atom. The predicted octanol–water partition coefficient (Wildman–Crippen LogP) is 4.11. The van der Waals surface area contributed by atoms with Gasteiger partial charge in [-0.05, 0) is 40.3 Å². The van der Waals surface area contributed by atoms with Crippen molar-refractivity contribution in [1.29, 1.82) is 0 Å². The first-order chi connectivity index (χ1) is 7.65. The first kappa shape index (κ1) is 11.0. The summed E-state index contributed by atoms with van der Waals surface area (Å²) < 4.78 is 0. The second kappa shape index (κ2) is 4.17. The molecule has 1 nitrogen and oxygen atoms in total. The van der Waals surface area contributed by atoms with Crippen LogP contribution in [-0.4, -0.2) is 0 Å². The summed E-state index contributed by atoms with van der Waals surface area (Å²) in [7, 11) is 0. The summed E-state index contributed by atoms with van der Waals surface area (Å²) in [5, 5.41) is 2.60. The molecule has 0 radical (unpaired) electrons. The van der Waals surface area contributed by atoms with E-state index in [1.54, 1.807) is 0 Å². The average molecular weight is 213 g/mol. The third-order valence-electron chi connectivity index (χ3n) is 3.21. The largest absolute Gasteiger partial charge is 0.398 e. The maximum atomic E-state index is 6.26. The fourth-order valence-corrected chi connectivity index (χ4v) is 2.32. The monoisotopic (exact) mass is 213 g/mol. The van der Waals surface area contributed by atoms with Gasteiger partial charge in [0.2, 0.25) is 0 Å². The van der Waals surface area contributed by atoms with Crippen molar-refractivity contribution in [2.45, 2.75) is 33.1 Å². The van der Waals surface area contributed by atoms with Crippen LogP contribution >= 0.6 is 0 Å². The van der Waals surface area contributed by atoms with E-state index in [0.29, 0.717) is 5.92 Å². The highest BCUT2D eigenvalue weighted by molar-refractivity contribution is 5.91. The molecule has 0 heterocycles. The first-order valence-electron chi connectivity index (χ1n) is 5.95. The highest BCUT2D eigenvalue weighted by Crippen LogP contribution is 2.32. The summed E-state index contributed by atoms with van der Waals surface area (Å²) in [6.45, 7) is 6.56. The summed E-state index contributed by atoms with van der Waals surface area (Å²) in [6.07, 6.45) is 0.993. The quantitative estimate of drug-likeness (QED) is 0.746. The van der Waals surface area contributed by atoms with Gasteiger partial charge in [-0.2, -0.15) is 0 Å². The van der Waals surface area contributed by atoms with Crippen LogP contribution in [-0.2, 0) is 6.42 Å². The number of aryl methyl sites for hydroxylation is 1. The van der Waals surface area contributed by atoms with Crippen molar-refractivity contribution < 1.29 is 0 Å². The maximum absolute atomic E-state index is 6.26. The molecule has 0 aromatic heterocycles. The van der Waals surface area contributed by atoms with E-state index in [1.165, 1.54) is 21.9 Å². The number of hydrogen-bond acceptors (Lipinski definition) is 1. The number of nitrogen functional groups attached to an aromatic ring is 1. The molecule has 2 rings (SSSR count). The molecule has 0 aliphatic carbocycles. The zero-order valence-electron chi connectivity index (χ0n) is 10.2. The third-order valence-corrected chi connectivity index (χ3v) is 3.21. The minimum absolute atomic E-state index is 0.481. The van der Waals surface area contributed by atoms with E-state index in [0.717, 1.165) is 12.1 Å². The molecule has 0 atom stereocenters. The molecular weight excluding hydrogens is 194 g/mol. The SMILES string of the molecule is CCc1c(N)c(C(C)C)cc2ccccc12. The Hall–Kier alpha value is -1.50. The molecule has 0 fully saturated rings. The van der Waals surface area contributed by atoms with E-state index >= 15 is 0 Å². The Kier molecular flexibility index (Phi) is 2.86. The second-order valence-corrected chi connectivity index (χ2v) is 4.59. The lowest BCUT2D eigenvalue weighted by Crippen LogP contribution is -2.02. The minimum atomic E-state index is 0.481. The number of hydrogen-bond donors (Lipinski definition) is 1. The van der Waals surface area contributed by atoms with Crippen molar-refractivity contribution in [3.8, 4) is 0 Å². The van der Waals surface area contributed by atoms with Gasteiger partial charge < -0.3 is 5.73 Å². The van der Waals surface area contributed by atoms with Crippen LogP contribution in [0.4, 0.5) is 5.69 Å². The van der Waals surface area contributed by atoms with Crippen molar-refractivity contribution in [2.24, 2.45) is 0 Å². The molecule has 0 amide bonds. The molecule has 0 saturated heterocycles. The molecule has 0 unspecified atom stereocenters. The number of rotatable bonds is 2. The number of benzene rings is 2. The minimum Gasteiger partial charge on any atom is -0.398 e. The molecule has 16 heavy (non-hydrogen) atoms. The maximum Gasteiger partial charge on any atom is 0.0388 e. The van der Waals surface area contributed by atoms with Crippen LogP contribution in [0.15, 0.2) is 30.3 Å². The lowest BCUT2D eigenvalue weighted by molar-refractivity contribution is 0.869. The Morgan fingerprint density at radius 3 is 2.50 bits per heavy atom. The Labute approximate surface area is 97.3 Å². The number of anilines is 1. The van der Waals surface area contributed by atoms with E-state index in [1.807, 2.05) is 0 Å². The summed E-state index contributed by atoms with van der Waals surface area (Å²) in [4.78, 5) is 0. The van der Waals surface area contributed by atoms with Crippen LogP contribution in [0.5, 0.6) is 0 Å². The lowest BCUT2D eigenvalue weighted by atomic mass is 9.92. The van der Waals surface area contributed by atoms with Gasteiger partial charge >= 0.3 is 0 Å². The van der Waals surface area contributed by atoms with Crippen molar-refractivity contribution in [3.63, 3.8) is 0 Å². The number of nitrogens with two attached hydrogens (primary N) is 1. The van der Waals surface area contributed by atoms with E-state index in [4.69, 9.17) is 5.73 Å². The van der Waals surface area contributed by atoms with Crippen LogP contribution in [0.25, 0.3) is 10.8 Å². The average Bonchev–Trinajstić information content (AvgIpc) is 2.28. The lowest BCUT2D eigenvalue weighted by Gasteiger charge is -2.16. The van der Waals surface area contributed by atoms with Crippen LogP contribution in [0, 0.1) is 0 Å². The first-order valence-corrected chi connectivity index (χ1v) is 5.95. The molecule has 1 heteroatoms. The normalized spacial score (nSPS) is 11.2. The zero-order valence-corrected chi connectivity index (χ0v) is 10.2. The fourth-order valence-electron chi connectivity index (χ4n) is 2.32. The van der Waals surface area contributed by atoms with E-state index < -0.39 is 0 Å². The van der Waals surface area contributed by atoms with Gasteiger partial charge in [0.25, 0.3) is 0 Å². The Bertz CT molecular complexity index is 512. The highest BCUT2D eigenvalue weighted by Gasteiger charge is 2.11. The van der Waals surface area contributed by atoms with Gasteiger partial charge in [-0.15, -0.1) is 0 Å². The standard InChI is InChI=1S/C15H19N/c1-4-12-13-8-6-5-7-11(13)9-14(10(2)3)15(12)16/h5-10H,4,16H2,1-3H3. The van der Waals surface area contributed by atoms with Gasteiger partial charge in [-0.25, -0.2) is 0 Å². The smallest absolute Gasteiger partial charge is 0.0388 e. The van der Waals surface area contributed by atoms with Gasteiger partial charge in [0.1, 0.15) is 0 Å². The summed E-state index contributed by atoms with van der Waals surface area (Å²) in [5.74, 6) is 0.481. The van der Waals surface area contributed by atoms with Crippen molar-refractivity contribution in [1.82, 2.24) is 0 Å². The topological polar surface area (TPSA) is 26.0 Å². The third kappa shape index (κ3) is 1.67. The molecule has 2 aromatic rings. The van der Waals surface area contributed by atoms with Crippen LogP contribution in [0.1, 0.15) is 37.8 Å². The molecule has 0 spiro atoms. The highest BCUT2D eigenvalue weighted by atomic mass is 14.6. The van der Waals surface area contributed by atoms with Gasteiger partial charge in [0.15, 0.2) is 0 Å².